The maximum absolute atomic E-state index is 9.49. The van der Waals surface area contributed by atoms with E-state index in [0.29, 0.717) is 6.04 Å². The molecule has 100 valence electrons. The van der Waals surface area contributed by atoms with Gasteiger partial charge in [0.25, 0.3) is 0 Å². The minimum atomic E-state index is -0.105. The molecule has 1 aliphatic carbocycles. The molecule has 5 nitrogen and oxygen atoms in total. The zero-order valence-corrected chi connectivity index (χ0v) is 10.7. The Morgan fingerprint density at radius 3 is 2.26 bits per heavy atom. The Kier molecular flexibility index (Phi) is 3.46. The molecule has 5 heteroatoms. The molecule has 1 heterocycles. The Balaban J connectivity index is 1.63. The Labute approximate surface area is 112 Å². The zero-order valence-electron chi connectivity index (χ0n) is 10.7. The van der Waals surface area contributed by atoms with Gasteiger partial charge in [0.2, 0.25) is 0 Å². The van der Waals surface area contributed by atoms with Gasteiger partial charge in [-0.2, -0.15) is 15.0 Å². The Bertz CT molecular complexity index is 501. The summed E-state index contributed by atoms with van der Waals surface area (Å²) < 4.78 is 0. The Hall–Kier alpha value is -1.88. The van der Waals surface area contributed by atoms with Crippen molar-refractivity contribution in [1.82, 2.24) is 15.0 Å². The molecule has 0 atom stereocenters. The van der Waals surface area contributed by atoms with Crippen molar-refractivity contribution in [3.8, 4) is 5.69 Å². The second kappa shape index (κ2) is 5.40. The number of anilines is 1. The van der Waals surface area contributed by atoms with E-state index in [-0.39, 0.29) is 6.10 Å². The smallest absolute Gasteiger partial charge is 0.0858 e. The van der Waals surface area contributed by atoms with Crippen molar-refractivity contribution >= 4 is 5.69 Å². The average Bonchev–Trinajstić information content (AvgIpc) is 2.96. The highest BCUT2D eigenvalue weighted by Gasteiger charge is 2.18. The van der Waals surface area contributed by atoms with E-state index in [4.69, 9.17) is 0 Å². The van der Waals surface area contributed by atoms with Crippen molar-refractivity contribution in [2.45, 2.75) is 37.8 Å². The minimum absolute atomic E-state index is 0.105. The van der Waals surface area contributed by atoms with E-state index < -0.39 is 0 Å². The van der Waals surface area contributed by atoms with Gasteiger partial charge in [-0.15, -0.1) is 0 Å². The first-order valence-electron chi connectivity index (χ1n) is 6.72. The van der Waals surface area contributed by atoms with Crippen LogP contribution in [0.1, 0.15) is 25.7 Å². The second-order valence-electron chi connectivity index (χ2n) is 5.02. The van der Waals surface area contributed by atoms with Gasteiger partial charge < -0.3 is 10.4 Å². The van der Waals surface area contributed by atoms with Crippen molar-refractivity contribution in [2.75, 3.05) is 5.32 Å². The first-order chi connectivity index (χ1) is 9.31. The Morgan fingerprint density at radius 2 is 1.63 bits per heavy atom. The molecule has 0 unspecified atom stereocenters. The quantitative estimate of drug-likeness (QED) is 0.883. The number of aromatic nitrogens is 3. The normalized spacial score (nSPS) is 23.2. The van der Waals surface area contributed by atoms with Crippen LogP contribution in [0.15, 0.2) is 36.7 Å². The maximum atomic E-state index is 9.49. The highest BCUT2D eigenvalue weighted by molar-refractivity contribution is 5.48. The molecule has 0 aliphatic heterocycles. The van der Waals surface area contributed by atoms with Crippen molar-refractivity contribution in [3.05, 3.63) is 36.7 Å². The highest BCUT2D eigenvalue weighted by Crippen LogP contribution is 2.22. The van der Waals surface area contributed by atoms with E-state index >= 15 is 0 Å². The van der Waals surface area contributed by atoms with Crippen LogP contribution in [0.3, 0.4) is 0 Å². The molecule has 1 saturated carbocycles. The molecule has 0 radical (unpaired) electrons. The number of nitrogens with zero attached hydrogens (tertiary/aromatic N) is 3. The second-order valence-corrected chi connectivity index (χ2v) is 5.02. The highest BCUT2D eigenvalue weighted by atomic mass is 16.3. The molecule has 0 bridgehead atoms. The SMILES string of the molecule is OC1CCC(Nc2ccc(-n3nccn3)cc2)CC1. The van der Waals surface area contributed by atoms with Gasteiger partial charge in [0.15, 0.2) is 0 Å². The molecule has 19 heavy (non-hydrogen) atoms. The molecule has 1 aromatic heterocycles. The lowest BCUT2D eigenvalue weighted by Gasteiger charge is -2.27. The van der Waals surface area contributed by atoms with E-state index in [1.54, 1.807) is 17.2 Å². The maximum Gasteiger partial charge on any atom is 0.0858 e. The topological polar surface area (TPSA) is 63.0 Å². The fourth-order valence-electron chi connectivity index (χ4n) is 2.50. The Morgan fingerprint density at radius 1 is 1.00 bits per heavy atom. The molecule has 0 amide bonds. The van der Waals surface area contributed by atoms with Crippen LogP contribution in [0.25, 0.3) is 5.69 Å². The summed E-state index contributed by atoms with van der Waals surface area (Å²) in [6.45, 7) is 0. The van der Waals surface area contributed by atoms with E-state index in [1.807, 2.05) is 24.3 Å². The van der Waals surface area contributed by atoms with Crippen molar-refractivity contribution in [3.63, 3.8) is 0 Å². The number of aliphatic hydroxyl groups is 1. The van der Waals surface area contributed by atoms with Crippen LogP contribution < -0.4 is 5.32 Å². The number of nitrogens with one attached hydrogen (secondary N) is 1. The summed E-state index contributed by atoms with van der Waals surface area (Å²) >= 11 is 0. The zero-order chi connectivity index (χ0) is 13.1. The number of hydrogen-bond donors (Lipinski definition) is 2. The summed E-state index contributed by atoms with van der Waals surface area (Å²) in [5.74, 6) is 0. The molecule has 1 aromatic carbocycles. The van der Waals surface area contributed by atoms with Crippen LogP contribution in [0.4, 0.5) is 5.69 Å². The lowest BCUT2D eigenvalue weighted by atomic mass is 9.93. The third-order valence-corrected chi connectivity index (χ3v) is 3.58. The predicted molar refractivity (Wildman–Crippen MR) is 73.2 cm³/mol. The molecule has 0 saturated heterocycles. The molecular weight excluding hydrogens is 240 g/mol. The fourth-order valence-corrected chi connectivity index (χ4v) is 2.50. The van der Waals surface area contributed by atoms with E-state index in [1.165, 1.54) is 0 Å². The predicted octanol–water partition coefficient (Wildman–Crippen LogP) is 1.98. The van der Waals surface area contributed by atoms with Crippen LogP contribution in [0.2, 0.25) is 0 Å². The molecule has 2 N–H and O–H groups in total. The van der Waals surface area contributed by atoms with Gasteiger partial charge in [-0.1, -0.05) is 0 Å². The van der Waals surface area contributed by atoms with Gasteiger partial charge in [-0.25, -0.2) is 0 Å². The van der Waals surface area contributed by atoms with Gasteiger partial charge in [-0.05, 0) is 49.9 Å². The van der Waals surface area contributed by atoms with E-state index in [2.05, 4.69) is 15.5 Å². The van der Waals surface area contributed by atoms with Crippen LogP contribution in [0, 0.1) is 0 Å². The first kappa shape index (κ1) is 12.2. The van der Waals surface area contributed by atoms with Gasteiger partial charge in [-0.3, -0.25) is 0 Å². The number of rotatable bonds is 3. The van der Waals surface area contributed by atoms with Crippen molar-refractivity contribution in [1.29, 1.82) is 0 Å². The largest absolute Gasteiger partial charge is 0.393 e. The summed E-state index contributed by atoms with van der Waals surface area (Å²) in [5, 5.41) is 21.2. The molecule has 2 aromatic rings. The molecule has 1 fully saturated rings. The molecule has 3 rings (SSSR count). The standard InChI is InChI=1S/C14H18N4O/c19-14-7-3-12(4-8-14)17-11-1-5-13(6-2-11)18-15-9-10-16-18/h1-2,5-6,9-10,12,14,17,19H,3-4,7-8H2. The average molecular weight is 258 g/mol. The summed E-state index contributed by atoms with van der Waals surface area (Å²) in [6.07, 6.45) is 7.08. The minimum Gasteiger partial charge on any atom is -0.393 e. The van der Waals surface area contributed by atoms with Gasteiger partial charge >= 0.3 is 0 Å². The van der Waals surface area contributed by atoms with Crippen molar-refractivity contribution in [2.24, 2.45) is 0 Å². The summed E-state index contributed by atoms with van der Waals surface area (Å²) in [7, 11) is 0. The summed E-state index contributed by atoms with van der Waals surface area (Å²) in [5.41, 5.74) is 2.06. The van der Waals surface area contributed by atoms with Gasteiger partial charge in [0.1, 0.15) is 0 Å². The van der Waals surface area contributed by atoms with Crippen LogP contribution in [0.5, 0.6) is 0 Å². The van der Waals surface area contributed by atoms with Crippen molar-refractivity contribution < 1.29 is 5.11 Å². The van der Waals surface area contributed by atoms with Gasteiger partial charge in [0, 0.05) is 11.7 Å². The summed E-state index contributed by atoms with van der Waals surface area (Å²) in [6, 6.07) is 8.56. The number of aliphatic hydroxyl groups excluding tert-OH is 1. The third kappa shape index (κ3) is 2.93. The first-order valence-corrected chi connectivity index (χ1v) is 6.72. The molecular formula is C14H18N4O. The van der Waals surface area contributed by atoms with E-state index in [0.717, 1.165) is 37.1 Å². The molecule has 0 spiro atoms. The van der Waals surface area contributed by atoms with Crippen LogP contribution in [-0.2, 0) is 0 Å². The van der Waals surface area contributed by atoms with Gasteiger partial charge in [0.05, 0.1) is 24.2 Å². The fraction of sp³-hybridized carbons (Fsp3) is 0.429. The number of benzene rings is 1. The monoisotopic (exact) mass is 258 g/mol. The van der Waals surface area contributed by atoms with Crippen LogP contribution in [-0.4, -0.2) is 32.2 Å². The summed E-state index contributed by atoms with van der Waals surface area (Å²) in [4.78, 5) is 1.60. The lowest BCUT2D eigenvalue weighted by molar-refractivity contribution is 0.126. The van der Waals surface area contributed by atoms with Crippen LogP contribution >= 0.6 is 0 Å². The third-order valence-electron chi connectivity index (χ3n) is 3.58. The number of hydrogen-bond acceptors (Lipinski definition) is 4. The van der Waals surface area contributed by atoms with E-state index in [9.17, 15) is 5.11 Å². The molecule has 1 aliphatic rings. The lowest BCUT2D eigenvalue weighted by Crippen LogP contribution is -2.28.